The van der Waals surface area contributed by atoms with Gasteiger partial charge in [-0.1, -0.05) is 60.7 Å². The average Bonchev–Trinajstić information content (AvgIpc) is 4.25. The Morgan fingerprint density at radius 3 is 1.12 bits per heavy atom. The number of rotatable bonds is 16. The van der Waals surface area contributed by atoms with E-state index in [1.807, 2.05) is 131 Å². The molecule has 0 spiro atoms. The molecule has 6 aliphatic heterocycles. The number of hydrogen-bond donors (Lipinski definition) is 4. The molecule has 2 atom stereocenters. The maximum Gasteiger partial charge on any atom is 0.430 e. The molecular formula is C52H58BrF3N4O8S4. The molecule has 6 fully saturated rings. The fourth-order valence-corrected chi connectivity index (χ4v) is 13.9. The van der Waals surface area contributed by atoms with E-state index in [1.54, 1.807) is 0 Å². The molecule has 386 valence electrons. The van der Waals surface area contributed by atoms with E-state index in [0.717, 1.165) is 98.5 Å². The lowest BCUT2D eigenvalue weighted by Crippen LogP contribution is -3.00. The molecule has 6 aliphatic rings. The van der Waals surface area contributed by atoms with E-state index in [4.69, 9.17) is 19.4 Å². The van der Waals surface area contributed by atoms with Gasteiger partial charge in [0.1, 0.15) is 43.8 Å². The maximum absolute atomic E-state index is 13.5. The van der Waals surface area contributed by atoms with Gasteiger partial charge in [0.2, 0.25) is 11.2 Å². The molecule has 12 nitrogen and oxygen atoms in total. The number of amides is 2. The molecule has 0 saturated carbocycles. The SMILES string of the molecule is O=C(N[C@H]1C[N+]2(CCOc3ccccc3)CCC1CC2)C(O)(c1cccs1)c1cccs1.O=C(N[C@H]1C[N+]2(CCOc3ccccc3)CCC1CC2)C(O)(c1cccs1)c1cccs1.O=C([O-])C(F)(F)F.[Br-]. The summed E-state index contributed by atoms with van der Waals surface area (Å²) in [5.74, 6) is -0.860. The second kappa shape index (κ2) is 24.1. The van der Waals surface area contributed by atoms with Crippen molar-refractivity contribution in [1.29, 1.82) is 0 Å². The Balaban J connectivity index is 0.000000184. The van der Waals surface area contributed by atoms with Gasteiger partial charge in [-0.2, -0.15) is 13.2 Å². The van der Waals surface area contributed by atoms with E-state index in [-0.39, 0.29) is 40.9 Å². The van der Waals surface area contributed by atoms with Crippen LogP contribution in [0.15, 0.2) is 131 Å². The van der Waals surface area contributed by atoms with Crippen LogP contribution in [-0.4, -0.2) is 121 Å². The molecule has 2 aromatic carbocycles. The van der Waals surface area contributed by atoms with Gasteiger partial charge in [0.15, 0.2) is 0 Å². The van der Waals surface area contributed by atoms with Gasteiger partial charge in [-0.05, 0) is 81.9 Å². The Kier molecular flexibility index (Phi) is 18.5. The number of halogens is 4. The number of carboxylic acid groups (broad SMARTS) is 1. The van der Waals surface area contributed by atoms with Gasteiger partial charge < -0.3 is 66.2 Å². The van der Waals surface area contributed by atoms with Gasteiger partial charge >= 0.3 is 6.18 Å². The minimum atomic E-state index is -5.19. The number of aliphatic carboxylic acids is 1. The minimum absolute atomic E-state index is 0. The van der Waals surface area contributed by atoms with Crippen LogP contribution in [0.2, 0.25) is 0 Å². The van der Waals surface area contributed by atoms with Crippen molar-refractivity contribution < 1.29 is 78.3 Å². The molecule has 4 bridgehead atoms. The summed E-state index contributed by atoms with van der Waals surface area (Å²) in [6.45, 7) is 9.56. The first-order valence-electron chi connectivity index (χ1n) is 23.7. The highest BCUT2D eigenvalue weighted by Gasteiger charge is 2.51. The lowest BCUT2D eigenvalue weighted by molar-refractivity contribution is -0.943. The molecule has 0 aliphatic carbocycles. The summed E-state index contributed by atoms with van der Waals surface area (Å²) >= 11 is 5.67. The molecule has 4 N–H and O–H groups in total. The summed E-state index contributed by atoms with van der Waals surface area (Å²) in [5.41, 5.74) is -3.26. The van der Waals surface area contributed by atoms with E-state index in [0.29, 0.717) is 44.6 Å². The average molecular weight is 1130 g/mol. The van der Waals surface area contributed by atoms with Gasteiger partial charge in [-0.15, -0.1) is 45.3 Å². The zero-order valence-corrected chi connectivity index (χ0v) is 44.1. The Morgan fingerprint density at radius 2 is 0.861 bits per heavy atom. The molecule has 0 radical (unpaired) electrons. The third kappa shape index (κ3) is 12.8. The number of quaternary nitrogens is 2. The predicted molar refractivity (Wildman–Crippen MR) is 267 cm³/mol. The number of carbonyl (C=O) groups is 3. The lowest BCUT2D eigenvalue weighted by atomic mass is 9.81. The van der Waals surface area contributed by atoms with Crippen LogP contribution in [0.4, 0.5) is 13.2 Å². The third-order valence-corrected chi connectivity index (χ3v) is 18.3. The monoisotopic (exact) mass is 1130 g/mol. The summed E-state index contributed by atoms with van der Waals surface area (Å²) < 4.78 is 45.5. The van der Waals surface area contributed by atoms with Crippen LogP contribution in [0, 0.1) is 11.8 Å². The first-order valence-corrected chi connectivity index (χ1v) is 27.2. The van der Waals surface area contributed by atoms with Gasteiger partial charge in [0.05, 0.1) is 70.9 Å². The highest BCUT2D eigenvalue weighted by Crippen LogP contribution is 2.40. The highest BCUT2D eigenvalue weighted by molar-refractivity contribution is 7.12. The Labute approximate surface area is 443 Å². The fourth-order valence-electron chi connectivity index (χ4n) is 10.5. The quantitative estimate of drug-likeness (QED) is 0.106. The van der Waals surface area contributed by atoms with Crippen molar-refractivity contribution in [1.82, 2.24) is 10.6 Å². The third-order valence-electron chi connectivity index (χ3n) is 14.4. The minimum Gasteiger partial charge on any atom is -1.00 e. The van der Waals surface area contributed by atoms with Crippen LogP contribution in [0.3, 0.4) is 0 Å². The number of piperidine rings is 6. The highest BCUT2D eigenvalue weighted by atomic mass is 79.9. The molecule has 20 heteroatoms. The number of nitrogens with one attached hydrogen (secondary N) is 2. The first kappa shape index (κ1) is 55.1. The number of aliphatic hydroxyl groups is 2. The van der Waals surface area contributed by atoms with Crippen LogP contribution in [0.1, 0.15) is 45.2 Å². The van der Waals surface area contributed by atoms with E-state index in [1.165, 1.54) is 45.3 Å². The number of ether oxygens (including phenoxy) is 2. The Morgan fingerprint density at radius 1 is 0.556 bits per heavy atom. The zero-order valence-electron chi connectivity index (χ0n) is 39.3. The zero-order chi connectivity index (χ0) is 50.1. The number of para-hydroxylation sites is 2. The molecule has 6 aromatic rings. The normalized spacial score (nSPS) is 23.2. The maximum atomic E-state index is 13.5. The Bertz CT molecular complexity index is 2360. The number of thiophene rings is 4. The van der Waals surface area contributed by atoms with Crippen LogP contribution in [0.5, 0.6) is 11.5 Å². The number of benzene rings is 2. The van der Waals surface area contributed by atoms with Gasteiger partial charge in [0.25, 0.3) is 11.8 Å². The van der Waals surface area contributed by atoms with Crippen molar-refractivity contribution in [2.45, 2.75) is 55.1 Å². The first-order chi connectivity index (χ1) is 34.1. The summed E-state index contributed by atoms with van der Waals surface area (Å²) in [6, 6.07) is 34.9. The van der Waals surface area contributed by atoms with Gasteiger partial charge in [0, 0.05) is 25.7 Å². The van der Waals surface area contributed by atoms with Crippen molar-refractivity contribution in [3.63, 3.8) is 0 Å². The number of alkyl halides is 3. The second-order valence-electron chi connectivity index (χ2n) is 18.7. The van der Waals surface area contributed by atoms with Crippen LogP contribution >= 0.6 is 45.3 Å². The molecule has 10 heterocycles. The van der Waals surface area contributed by atoms with Gasteiger partial charge in [-0.25, -0.2) is 0 Å². The standard InChI is InChI=1S/2C25H28N2O3S2.C2HF3O2.BrH/c2*28-24(25(29,22-8-4-16-31-22)23-9-5-17-32-23)26-21-18-27(12-10-19(21)11-13-27)14-15-30-20-6-2-1-3-7-20;3-2(4,5)1(6)7;/h2*1-9,16-17,19,21,29H,10-15,18H2;(H,6,7);1H/t2*19?,21-,27?;;/m00../s1. The predicted octanol–water partition coefficient (Wildman–Crippen LogP) is 4.00. The van der Waals surface area contributed by atoms with Crippen molar-refractivity contribution in [3.05, 3.63) is 150 Å². The van der Waals surface area contributed by atoms with Crippen LogP contribution in [-0.2, 0) is 25.6 Å². The van der Waals surface area contributed by atoms with Crippen molar-refractivity contribution >= 4 is 63.1 Å². The summed E-state index contributed by atoms with van der Waals surface area (Å²) in [4.78, 5) is 38.5. The van der Waals surface area contributed by atoms with Crippen LogP contribution < -0.4 is 42.2 Å². The Hall–Kier alpha value is -4.64. The largest absolute Gasteiger partial charge is 1.00 e. The fraction of sp³-hybridized carbons (Fsp3) is 0.404. The van der Waals surface area contributed by atoms with Gasteiger partial charge in [-0.3, -0.25) is 9.59 Å². The number of carbonyl (C=O) groups excluding carboxylic acids is 3. The lowest BCUT2D eigenvalue weighted by Gasteiger charge is -2.53. The van der Waals surface area contributed by atoms with Crippen molar-refractivity contribution in [2.75, 3.05) is 65.6 Å². The summed E-state index contributed by atoms with van der Waals surface area (Å²) in [5, 5.41) is 46.2. The topological polar surface area (TPSA) is 157 Å². The van der Waals surface area contributed by atoms with Crippen molar-refractivity contribution in [2.24, 2.45) is 11.8 Å². The van der Waals surface area contributed by atoms with E-state index < -0.39 is 23.3 Å². The molecule has 0 unspecified atom stereocenters. The number of carboxylic acids is 1. The summed E-state index contributed by atoms with van der Waals surface area (Å²) in [6.07, 6.45) is -0.779. The number of hydrogen-bond acceptors (Lipinski definition) is 12. The molecule has 4 aromatic heterocycles. The molecular weight excluding hydrogens is 1070 g/mol. The number of nitrogens with zero attached hydrogens (tertiary/aromatic N) is 2. The van der Waals surface area contributed by atoms with Crippen molar-refractivity contribution in [3.8, 4) is 11.5 Å². The van der Waals surface area contributed by atoms with E-state index in [2.05, 4.69) is 10.6 Å². The molecule has 12 rings (SSSR count). The smallest absolute Gasteiger partial charge is 0.430 e. The molecule has 72 heavy (non-hydrogen) atoms. The molecule has 6 saturated heterocycles. The van der Waals surface area contributed by atoms with E-state index >= 15 is 0 Å². The van der Waals surface area contributed by atoms with Crippen LogP contribution in [0.25, 0.3) is 0 Å². The van der Waals surface area contributed by atoms with E-state index in [9.17, 15) is 33.0 Å². The summed E-state index contributed by atoms with van der Waals surface area (Å²) in [7, 11) is 0. The second-order valence-corrected chi connectivity index (χ2v) is 22.5. The number of fused-ring (bicyclic) bond motifs is 6. The molecule has 2 amide bonds.